The summed E-state index contributed by atoms with van der Waals surface area (Å²) in [6, 6.07) is 4.30. The molecule has 1 heterocycles. The number of nitrogens with one attached hydrogen (secondary N) is 1. The van der Waals surface area contributed by atoms with Crippen LogP contribution in [0.15, 0.2) is 41.1 Å². The Morgan fingerprint density at radius 3 is 2.67 bits per heavy atom. The average molecular weight is 443 g/mol. The summed E-state index contributed by atoms with van der Waals surface area (Å²) in [6.45, 7) is 10.7. The van der Waals surface area contributed by atoms with Crippen molar-refractivity contribution >= 4 is 22.6 Å². The zero-order chi connectivity index (χ0) is 23.7. The molecule has 2 aliphatic rings. The molecule has 4 nitrogen and oxygen atoms in total. The van der Waals surface area contributed by atoms with Crippen molar-refractivity contribution in [1.82, 2.24) is 9.88 Å². The van der Waals surface area contributed by atoms with Crippen LogP contribution in [0.1, 0.15) is 87.3 Å². The third kappa shape index (κ3) is 4.98. The molecule has 1 aromatic heterocycles. The zero-order valence-corrected chi connectivity index (χ0v) is 20.5. The zero-order valence-electron chi connectivity index (χ0n) is 20.5. The van der Waals surface area contributed by atoms with Gasteiger partial charge in [0, 0.05) is 47.6 Å². The van der Waals surface area contributed by atoms with E-state index < -0.39 is 0 Å². The van der Waals surface area contributed by atoms with Crippen LogP contribution in [-0.2, 0) is 4.79 Å². The molecule has 4 heteroatoms. The number of Topliss-reactive ketones (excluding diaryl/α,β-unsaturated/α-hetero) is 1. The van der Waals surface area contributed by atoms with Crippen molar-refractivity contribution in [3.63, 3.8) is 0 Å². The third-order valence-electron chi connectivity index (χ3n) is 6.45. The highest BCUT2D eigenvalue weighted by Crippen LogP contribution is 2.31. The molecule has 0 spiro atoms. The standard InChI is InChI=1S/C29H34N2O2/c1-6-7-23-12-19(4)13-27(32)25(23)16-30-29(33)24-14-22(11-10-21-8-9-21)15-26-28(24)20(5)17-31(26)18(2)3/h12,14-15,17-18,21H,6-9,13,16H2,1-5H3,(H,30,33). The minimum Gasteiger partial charge on any atom is -0.348 e. The molecule has 0 aliphatic heterocycles. The Morgan fingerprint density at radius 2 is 2.00 bits per heavy atom. The number of aryl methyl sites for hydroxylation is 1. The number of ketones is 1. The third-order valence-corrected chi connectivity index (χ3v) is 6.45. The maximum atomic E-state index is 13.5. The first kappa shape index (κ1) is 23.1. The second-order valence-corrected chi connectivity index (χ2v) is 9.80. The van der Waals surface area contributed by atoms with Gasteiger partial charge in [-0.15, -0.1) is 0 Å². The summed E-state index contributed by atoms with van der Waals surface area (Å²) in [4.78, 5) is 26.2. The maximum absolute atomic E-state index is 13.5. The Kier molecular flexibility index (Phi) is 6.61. The van der Waals surface area contributed by atoms with E-state index in [9.17, 15) is 9.59 Å². The number of hydrogen-bond donors (Lipinski definition) is 1. The fraction of sp³-hybridized carbons (Fsp3) is 0.448. The molecule has 1 saturated carbocycles. The minimum atomic E-state index is -0.151. The van der Waals surface area contributed by atoms with Crippen molar-refractivity contribution in [3.05, 3.63) is 57.8 Å². The van der Waals surface area contributed by atoms with Crippen LogP contribution in [-0.4, -0.2) is 22.8 Å². The second-order valence-electron chi connectivity index (χ2n) is 9.80. The average Bonchev–Trinajstić information content (AvgIpc) is 3.53. The lowest BCUT2D eigenvalue weighted by atomic mass is 9.89. The molecular formula is C29H34N2O2. The van der Waals surface area contributed by atoms with Gasteiger partial charge in [0.2, 0.25) is 0 Å². The summed E-state index contributed by atoms with van der Waals surface area (Å²) in [5.74, 6) is 7.08. The molecule has 1 fully saturated rings. The monoisotopic (exact) mass is 442 g/mol. The Labute approximate surface area is 197 Å². The lowest BCUT2D eigenvalue weighted by Gasteiger charge is -2.18. The number of carbonyl (C=O) groups is 2. The lowest BCUT2D eigenvalue weighted by Crippen LogP contribution is -2.29. The summed E-state index contributed by atoms with van der Waals surface area (Å²) >= 11 is 0. The fourth-order valence-corrected chi connectivity index (χ4v) is 4.62. The molecule has 1 N–H and O–H groups in total. The van der Waals surface area contributed by atoms with Gasteiger partial charge < -0.3 is 9.88 Å². The first-order chi connectivity index (χ1) is 15.8. The molecule has 4 rings (SSSR count). The summed E-state index contributed by atoms with van der Waals surface area (Å²) in [5.41, 5.74) is 6.51. The van der Waals surface area contributed by atoms with Crippen LogP contribution in [0.5, 0.6) is 0 Å². The van der Waals surface area contributed by atoms with Gasteiger partial charge in [0.1, 0.15) is 0 Å². The van der Waals surface area contributed by atoms with Crippen LogP contribution in [0.3, 0.4) is 0 Å². The number of carbonyl (C=O) groups excluding carboxylic acids is 2. The van der Waals surface area contributed by atoms with Crippen molar-refractivity contribution in [1.29, 1.82) is 0 Å². The normalized spacial score (nSPS) is 16.2. The van der Waals surface area contributed by atoms with Gasteiger partial charge in [0.15, 0.2) is 5.78 Å². The van der Waals surface area contributed by atoms with Gasteiger partial charge in [-0.05, 0) is 70.2 Å². The number of rotatable bonds is 6. The van der Waals surface area contributed by atoms with Crippen molar-refractivity contribution in [2.24, 2.45) is 5.92 Å². The lowest BCUT2D eigenvalue weighted by molar-refractivity contribution is -0.115. The van der Waals surface area contributed by atoms with Crippen LogP contribution >= 0.6 is 0 Å². The van der Waals surface area contributed by atoms with E-state index in [-0.39, 0.29) is 24.3 Å². The Bertz CT molecular complexity index is 1240. The van der Waals surface area contributed by atoms with Crippen molar-refractivity contribution in [3.8, 4) is 11.8 Å². The molecule has 2 aromatic rings. The van der Waals surface area contributed by atoms with Gasteiger partial charge in [0.05, 0.1) is 11.1 Å². The van der Waals surface area contributed by atoms with Crippen molar-refractivity contribution in [2.75, 3.05) is 6.54 Å². The van der Waals surface area contributed by atoms with E-state index in [2.05, 4.69) is 60.8 Å². The number of nitrogens with zero attached hydrogens (tertiary/aromatic N) is 1. The van der Waals surface area contributed by atoms with Gasteiger partial charge in [-0.25, -0.2) is 0 Å². The van der Waals surface area contributed by atoms with Crippen LogP contribution < -0.4 is 5.32 Å². The Morgan fingerprint density at radius 1 is 1.24 bits per heavy atom. The number of aromatic nitrogens is 1. The number of benzene rings is 1. The molecule has 2 aliphatic carbocycles. The number of hydrogen-bond acceptors (Lipinski definition) is 2. The van der Waals surface area contributed by atoms with Gasteiger partial charge in [-0.1, -0.05) is 36.8 Å². The van der Waals surface area contributed by atoms with Gasteiger partial charge in [-0.2, -0.15) is 0 Å². The summed E-state index contributed by atoms with van der Waals surface area (Å²) in [7, 11) is 0. The first-order valence-corrected chi connectivity index (χ1v) is 12.2. The SMILES string of the molecule is CCCC1=C(CNC(=O)c2cc(C#CC3CC3)cc3c2c(C)cn3C(C)C)C(=O)CC(C)=C1. The maximum Gasteiger partial charge on any atom is 0.252 e. The highest BCUT2D eigenvalue weighted by molar-refractivity contribution is 6.09. The summed E-state index contributed by atoms with van der Waals surface area (Å²) in [5, 5.41) is 4.02. The predicted octanol–water partition coefficient (Wildman–Crippen LogP) is 6.04. The quantitative estimate of drug-likeness (QED) is 0.555. The molecule has 1 amide bonds. The Hall–Kier alpha value is -3.06. The smallest absolute Gasteiger partial charge is 0.252 e. The van der Waals surface area contributed by atoms with Gasteiger partial charge in [0.25, 0.3) is 5.91 Å². The van der Waals surface area contributed by atoms with Crippen LogP contribution in [0.2, 0.25) is 0 Å². The van der Waals surface area contributed by atoms with E-state index in [4.69, 9.17) is 0 Å². The van der Waals surface area contributed by atoms with Gasteiger partial charge in [-0.3, -0.25) is 9.59 Å². The Balaban J connectivity index is 1.70. The summed E-state index contributed by atoms with van der Waals surface area (Å²) in [6.07, 6.45) is 8.82. The molecule has 1 aromatic carbocycles. The van der Waals surface area contributed by atoms with Crippen molar-refractivity contribution in [2.45, 2.75) is 72.8 Å². The molecule has 0 saturated heterocycles. The largest absolute Gasteiger partial charge is 0.348 e. The summed E-state index contributed by atoms with van der Waals surface area (Å²) < 4.78 is 2.21. The predicted molar refractivity (Wildman–Crippen MR) is 134 cm³/mol. The number of fused-ring (bicyclic) bond motifs is 1. The van der Waals surface area contributed by atoms with E-state index in [1.807, 2.05) is 19.9 Å². The molecular weight excluding hydrogens is 408 g/mol. The van der Waals surface area contributed by atoms with E-state index in [0.717, 1.165) is 51.6 Å². The molecule has 172 valence electrons. The van der Waals surface area contributed by atoms with Crippen LogP contribution in [0.25, 0.3) is 10.9 Å². The first-order valence-electron chi connectivity index (χ1n) is 12.2. The molecule has 0 unspecified atom stereocenters. The topological polar surface area (TPSA) is 51.1 Å². The number of amides is 1. The number of allylic oxidation sites excluding steroid dienone is 3. The van der Waals surface area contributed by atoms with Crippen LogP contribution in [0, 0.1) is 24.7 Å². The molecule has 0 radical (unpaired) electrons. The van der Waals surface area contributed by atoms with E-state index in [1.54, 1.807) is 0 Å². The molecule has 0 bridgehead atoms. The minimum absolute atomic E-state index is 0.120. The second kappa shape index (κ2) is 9.43. The highest BCUT2D eigenvalue weighted by atomic mass is 16.2. The highest BCUT2D eigenvalue weighted by Gasteiger charge is 2.22. The van der Waals surface area contributed by atoms with E-state index in [1.165, 1.54) is 12.8 Å². The van der Waals surface area contributed by atoms with Crippen molar-refractivity contribution < 1.29 is 9.59 Å². The van der Waals surface area contributed by atoms with Crippen LogP contribution in [0.4, 0.5) is 0 Å². The molecule has 0 atom stereocenters. The van der Waals surface area contributed by atoms with E-state index >= 15 is 0 Å². The van der Waals surface area contributed by atoms with E-state index in [0.29, 0.717) is 17.9 Å². The van der Waals surface area contributed by atoms with Gasteiger partial charge >= 0.3 is 0 Å². The molecule has 33 heavy (non-hydrogen) atoms. The fourth-order valence-electron chi connectivity index (χ4n) is 4.62.